The Balaban J connectivity index is 1.94. The van der Waals surface area contributed by atoms with Gasteiger partial charge < -0.3 is 14.6 Å². The second kappa shape index (κ2) is 3.17. The molecule has 0 aromatic rings. The van der Waals surface area contributed by atoms with Crippen molar-refractivity contribution in [2.45, 2.75) is 31.2 Å². The molecule has 1 saturated carbocycles. The molecule has 0 amide bonds. The number of hydrogen-bond donors (Lipinski definition) is 1. The van der Waals surface area contributed by atoms with Crippen LogP contribution in [-0.2, 0) is 9.47 Å². The molecule has 2 aliphatic rings. The van der Waals surface area contributed by atoms with E-state index in [4.69, 9.17) is 9.47 Å². The molecule has 1 heterocycles. The van der Waals surface area contributed by atoms with E-state index in [2.05, 4.69) is 0 Å². The molecule has 68 valence electrons. The molecule has 1 aliphatic carbocycles. The molecule has 0 aromatic heterocycles. The third-order valence-electron chi connectivity index (χ3n) is 2.51. The molecule has 1 aliphatic heterocycles. The fourth-order valence-electron chi connectivity index (χ4n) is 1.56. The molecule has 0 atom stereocenters. The van der Waals surface area contributed by atoms with Gasteiger partial charge in [-0.25, -0.2) is 0 Å². The quantitative estimate of drug-likeness (QED) is 0.592. The van der Waals surface area contributed by atoms with E-state index in [-0.39, 0.29) is 0 Å². The lowest BCUT2D eigenvalue weighted by atomic mass is 9.79. The molecule has 0 spiro atoms. The Kier molecular flexibility index (Phi) is 2.17. The largest absolute Gasteiger partial charge is 0.385 e. The number of rotatable bonds is 1. The zero-order valence-electron chi connectivity index (χ0n) is 7.03. The van der Waals surface area contributed by atoms with Crippen molar-refractivity contribution in [2.24, 2.45) is 0 Å². The van der Waals surface area contributed by atoms with Crippen molar-refractivity contribution in [3.63, 3.8) is 0 Å². The van der Waals surface area contributed by atoms with Crippen LogP contribution in [-0.4, -0.2) is 30.2 Å². The summed E-state index contributed by atoms with van der Waals surface area (Å²) in [6.07, 6.45) is 6.10. The highest BCUT2D eigenvalue weighted by molar-refractivity contribution is 4.94. The second-order valence-electron chi connectivity index (χ2n) is 3.43. The predicted molar refractivity (Wildman–Crippen MR) is 43.6 cm³/mol. The molecule has 0 saturated heterocycles. The van der Waals surface area contributed by atoms with Gasteiger partial charge in [0.1, 0.15) is 5.60 Å². The summed E-state index contributed by atoms with van der Waals surface area (Å²) in [5, 5.41) is 9.88. The Labute approximate surface area is 72.0 Å². The molecule has 0 aromatic carbocycles. The molecule has 1 fully saturated rings. The fraction of sp³-hybridized carbons (Fsp3) is 0.778. The highest BCUT2D eigenvalue weighted by Gasteiger charge is 2.44. The lowest BCUT2D eigenvalue weighted by Gasteiger charge is -2.41. The minimum absolute atomic E-state index is 0.416. The normalized spacial score (nSPS) is 29.4. The lowest BCUT2D eigenvalue weighted by molar-refractivity contribution is -0.251. The van der Waals surface area contributed by atoms with E-state index in [1.54, 1.807) is 0 Å². The van der Waals surface area contributed by atoms with Crippen LogP contribution < -0.4 is 0 Å². The summed E-state index contributed by atoms with van der Waals surface area (Å²) < 4.78 is 10.7. The van der Waals surface area contributed by atoms with Gasteiger partial charge in [0.2, 0.25) is 0 Å². The first-order valence-corrected chi connectivity index (χ1v) is 4.42. The van der Waals surface area contributed by atoms with Gasteiger partial charge in [-0.15, -0.1) is 0 Å². The fourth-order valence-corrected chi connectivity index (χ4v) is 1.56. The van der Waals surface area contributed by atoms with Crippen LogP contribution in [0.25, 0.3) is 0 Å². The van der Waals surface area contributed by atoms with E-state index in [9.17, 15) is 5.11 Å². The number of aliphatic hydroxyl groups is 1. The van der Waals surface area contributed by atoms with Crippen molar-refractivity contribution in [2.75, 3.05) is 13.2 Å². The van der Waals surface area contributed by atoms with E-state index < -0.39 is 11.9 Å². The third kappa shape index (κ3) is 1.40. The summed E-state index contributed by atoms with van der Waals surface area (Å²) in [6.45, 7) is 1.10. The summed E-state index contributed by atoms with van der Waals surface area (Å²) >= 11 is 0. The summed E-state index contributed by atoms with van der Waals surface area (Å²) in [7, 11) is 0. The minimum atomic E-state index is -0.702. The molecule has 0 unspecified atom stereocenters. The Bertz CT molecular complexity index is 174. The van der Waals surface area contributed by atoms with E-state index in [1.165, 1.54) is 0 Å². The molecule has 3 nitrogen and oxygen atoms in total. The van der Waals surface area contributed by atoms with Crippen molar-refractivity contribution in [1.29, 1.82) is 0 Å². The molecule has 0 radical (unpaired) electrons. The van der Waals surface area contributed by atoms with E-state index >= 15 is 0 Å². The highest BCUT2D eigenvalue weighted by atomic mass is 16.7. The van der Waals surface area contributed by atoms with Crippen molar-refractivity contribution in [3.05, 3.63) is 12.2 Å². The third-order valence-corrected chi connectivity index (χ3v) is 2.51. The van der Waals surface area contributed by atoms with Crippen LogP contribution in [0.3, 0.4) is 0 Å². The van der Waals surface area contributed by atoms with Crippen LogP contribution in [0.2, 0.25) is 0 Å². The Morgan fingerprint density at radius 3 is 2.17 bits per heavy atom. The molecule has 3 heteroatoms. The van der Waals surface area contributed by atoms with Crippen LogP contribution in [0.1, 0.15) is 19.3 Å². The lowest BCUT2D eigenvalue weighted by Crippen LogP contribution is -2.50. The Hall–Kier alpha value is -0.380. The van der Waals surface area contributed by atoms with Crippen LogP contribution in [0.4, 0.5) is 0 Å². The van der Waals surface area contributed by atoms with Gasteiger partial charge >= 0.3 is 0 Å². The number of hydrogen-bond acceptors (Lipinski definition) is 3. The summed E-state index contributed by atoms with van der Waals surface area (Å²) in [6, 6.07) is 0. The first-order chi connectivity index (χ1) is 5.81. The molecule has 0 bridgehead atoms. The second-order valence-corrected chi connectivity index (χ2v) is 3.43. The van der Waals surface area contributed by atoms with Crippen LogP contribution in [0.5, 0.6) is 0 Å². The summed E-state index contributed by atoms with van der Waals surface area (Å²) in [5.74, 6) is 0. The average molecular weight is 170 g/mol. The topological polar surface area (TPSA) is 38.7 Å². The van der Waals surface area contributed by atoms with Gasteiger partial charge in [-0.1, -0.05) is 12.2 Å². The monoisotopic (exact) mass is 170 g/mol. The van der Waals surface area contributed by atoms with Crippen LogP contribution in [0.15, 0.2) is 12.2 Å². The molecular formula is C9H14O3. The van der Waals surface area contributed by atoms with Crippen molar-refractivity contribution >= 4 is 0 Å². The van der Waals surface area contributed by atoms with Gasteiger partial charge in [0.25, 0.3) is 0 Å². The first-order valence-electron chi connectivity index (χ1n) is 4.42. The molecule has 12 heavy (non-hydrogen) atoms. The van der Waals surface area contributed by atoms with Crippen molar-refractivity contribution < 1.29 is 14.6 Å². The van der Waals surface area contributed by atoms with E-state index in [0.29, 0.717) is 13.2 Å². The first kappa shape index (κ1) is 8.23. The predicted octanol–water partition coefficient (Wildman–Crippen LogP) is 0.831. The minimum Gasteiger partial charge on any atom is -0.385 e. The van der Waals surface area contributed by atoms with Gasteiger partial charge in [-0.3, -0.25) is 0 Å². The molecular weight excluding hydrogens is 156 g/mol. The van der Waals surface area contributed by atoms with Crippen LogP contribution in [0, 0.1) is 0 Å². The van der Waals surface area contributed by atoms with Gasteiger partial charge in [0.15, 0.2) is 6.29 Å². The smallest absolute Gasteiger partial charge is 0.186 e. The Morgan fingerprint density at radius 2 is 1.75 bits per heavy atom. The van der Waals surface area contributed by atoms with E-state index in [0.717, 1.165) is 19.3 Å². The number of ether oxygens (including phenoxy) is 2. The Morgan fingerprint density at radius 1 is 1.17 bits per heavy atom. The standard InChI is InChI=1S/C9H14O3/c10-9(4-3-5-9)8-11-6-1-2-7-12-8/h1-2,8,10H,3-7H2. The van der Waals surface area contributed by atoms with Crippen molar-refractivity contribution in [3.8, 4) is 0 Å². The SMILES string of the molecule is OC1(C2OCC=CCO2)CCC1. The van der Waals surface area contributed by atoms with Crippen molar-refractivity contribution in [1.82, 2.24) is 0 Å². The summed E-state index contributed by atoms with van der Waals surface area (Å²) in [5.41, 5.74) is -0.702. The van der Waals surface area contributed by atoms with E-state index in [1.807, 2.05) is 12.2 Å². The van der Waals surface area contributed by atoms with Gasteiger partial charge in [0, 0.05) is 0 Å². The summed E-state index contributed by atoms with van der Waals surface area (Å²) in [4.78, 5) is 0. The zero-order valence-corrected chi connectivity index (χ0v) is 7.03. The maximum absolute atomic E-state index is 9.88. The van der Waals surface area contributed by atoms with Gasteiger partial charge in [0.05, 0.1) is 13.2 Å². The van der Waals surface area contributed by atoms with Gasteiger partial charge in [-0.05, 0) is 19.3 Å². The highest BCUT2D eigenvalue weighted by Crippen LogP contribution is 2.36. The molecule has 2 rings (SSSR count). The maximum Gasteiger partial charge on any atom is 0.186 e. The maximum atomic E-state index is 9.88. The average Bonchev–Trinajstić information content (AvgIpc) is 2.27. The molecule has 1 N–H and O–H groups in total. The van der Waals surface area contributed by atoms with Crippen LogP contribution >= 0.6 is 0 Å². The van der Waals surface area contributed by atoms with Gasteiger partial charge in [-0.2, -0.15) is 0 Å². The zero-order chi connectivity index (χ0) is 8.44.